The second kappa shape index (κ2) is 12.3. The first-order valence-corrected chi connectivity index (χ1v) is 26.6. The van der Waals surface area contributed by atoms with Crippen LogP contribution >= 0.6 is 0 Å². The Kier molecular flexibility index (Phi) is 7.37. The average Bonchev–Trinajstić information content (AvgIpc) is 3.90. The third-order valence-corrected chi connectivity index (χ3v) is 23.0. The molecule has 0 amide bonds. The van der Waals surface area contributed by atoms with Crippen LogP contribution in [0.15, 0.2) is 71.3 Å². The van der Waals surface area contributed by atoms with Gasteiger partial charge in [-0.15, -0.1) is 0 Å². The minimum atomic E-state index is 0.162. The van der Waals surface area contributed by atoms with E-state index in [9.17, 15) is 0 Å². The van der Waals surface area contributed by atoms with Crippen LogP contribution in [0.2, 0.25) is 0 Å². The van der Waals surface area contributed by atoms with E-state index < -0.39 is 0 Å². The Hall–Kier alpha value is -2.34. The second-order valence-electron chi connectivity index (χ2n) is 26.5. The van der Waals surface area contributed by atoms with Crippen molar-refractivity contribution in [2.75, 3.05) is 0 Å². The molecule has 3 unspecified atom stereocenters. The zero-order chi connectivity index (χ0) is 39.3. The summed E-state index contributed by atoms with van der Waals surface area (Å²) < 4.78 is 0. The van der Waals surface area contributed by atoms with Crippen LogP contribution in [-0.2, 0) is 10.8 Å². The summed E-state index contributed by atoms with van der Waals surface area (Å²) in [6, 6.07) is 16.9. The molecule has 12 fully saturated rings. The van der Waals surface area contributed by atoms with E-state index in [2.05, 4.69) is 68.5 Å². The fourth-order valence-electron chi connectivity index (χ4n) is 22.0. The first-order valence-electron chi connectivity index (χ1n) is 26.6. The molecule has 2 aromatic carbocycles. The van der Waals surface area contributed by atoms with E-state index in [1.807, 2.05) is 16.7 Å². The Bertz CT molecular complexity index is 2070. The predicted molar refractivity (Wildman–Crippen MR) is 246 cm³/mol. The van der Waals surface area contributed by atoms with E-state index >= 15 is 0 Å². The van der Waals surface area contributed by atoms with Gasteiger partial charge in [-0.2, -0.15) is 0 Å². The molecule has 2 aromatic rings. The molecular weight excluding hydrogens is 721 g/mol. The van der Waals surface area contributed by atoms with E-state index in [-0.39, 0.29) is 5.41 Å². The number of benzene rings is 2. The molecule has 3 atom stereocenters. The van der Waals surface area contributed by atoms with E-state index in [0.29, 0.717) is 28.1 Å². The smallest absolute Gasteiger partial charge is 0.0201 e. The monoisotopic (exact) mass is 795 g/mol. The summed E-state index contributed by atoms with van der Waals surface area (Å²) in [5.74, 6) is 11.6. The third-order valence-electron chi connectivity index (χ3n) is 23.0. The maximum atomic E-state index is 3.02. The molecule has 0 nitrogen and oxygen atoms in total. The molecule has 12 bridgehead atoms. The summed E-state index contributed by atoms with van der Waals surface area (Å²) in [6.07, 6.45) is 42.1. The lowest BCUT2D eigenvalue weighted by Gasteiger charge is -2.58. The Morgan fingerprint density at radius 3 is 1.38 bits per heavy atom. The fraction of sp³-hybridized carbons (Fsp3) is 0.700. The van der Waals surface area contributed by atoms with Gasteiger partial charge in [-0.1, -0.05) is 79.6 Å². The summed E-state index contributed by atoms with van der Waals surface area (Å²) in [5.41, 5.74) is 17.8. The van der Waals surface area contributed by atoms with Gasteiger partial charge in [0.2, 0.25) is 0 Å². The predicted octanol–water partition coefficient (Wildman–Crippen LogP) is 15.6. The SMILES string of the molecule is CC(C)C1(C2c3ccc(C45CC6CC(CC(C6)C4)C5)cc3-c3cc(C45CC6CC(CC(C6)C4)C5)ccc32)CC(C2CC=CCC2)C2=C1C=C(C13CC4CC(CC(C4)C1)C3)C2. The Labute approximate surface area is 363 Å². The van der Waals surface area contributed by atoms with Gasteiger partial charge in [0.25, 0.3) is 0 Å². The van der Waals surface area contributed by atoms with E-state index in [1.165, 1.54) is 128 Å². The molecule has 16 aliphatic rings. The maximum absolute atomic E-state index is 3.02. The van der Waals surface area contributed by atoms with Crippen molar-refractivity contribution in [1.29, 1.82) is 0 Å². The topological polar surface area (TPSA) is 0 Å². The Balaban J connectivity index is 0.905. The number of fused-ring (bicyclic) bond motifs is 3. The lowest BCUT2D eigenvalue weighted by atomic mass is 9.47. The number of allylic oxidation sites excluding steroid dienone is 6. The summed E-state index contributed by atoms with van der Waals surface area (Å²) in [6.45, 7) is 5.38. The molecule has 0 spiro atoms. The highest BCUT2D eigenvalue weighted by molar-refractivity contribution is 5.82. The molecule has 0 aromatic heterocycles. The highest BCUT2D eigenvalue weighted by atomic mass is 14.6. The van der Waals surface area contributed by atoms with Crippen molar-refractivity contribution in [3.05, 3.63) is 93.6 Å². The molecule has 314 valence electrons. The molecule has 16 aliphatic carbocycles. The van der Waals surface area contributed by atoms with Crippen molar-refractivity contribution >= 4 is 0 Å². The molecule has 0 radical (unpaired) electrons. The van der Waals surface area contributed by atoms with Gasteiger partial charge >= 0.3 is 0 Å². The summed E-state index contributed by atoms with van der Waals surface area (Å²) in [5, 5.41) is 0. The maximum Gasteiger partial charge on any atom is 0.0201 e. The summed E-state index contributed by atoms with van der Waals surface area (Å²) in [7, 11) is 0. The van der Waals surface area contributed by atoms with Crippen molar-refractivity contribution < 1.29 is 0 Å². The standard InChI is InChI=1S/C60H74/c1-35(2)60(34-54(45-6-4-3-5-7-45)53-23-48(24-55(53)60)59-31-42-18-43(32-59)20-44(19-42)33-59)56-49-10-8-46(57-25-36-12-37(26-57)14-38(13-36)27-57)21-51(49)52-22-47(9-11-50(52)56)58-28-39-15-40(29-58)17-41(16-39)30-58/h3-4,8-11,21-22,24,35-45,54,56H,5-7,12-20,23,25-34H2,1-2H3. The first kappa shape index (κ1) is 36.0. The van der Waals surface area contributed by atoms with Crippen molar-refractivity contribution in [3.8, 4) is 11.1 Å². The van der Waals surface area contributed by atoms with Crippen molar-refractivity contribution in [1.82, 2.24) is 0 Å². The third kappa shape index (κ3) is 4.82. The summed E-state index contributed by atoms with van der Waals surface area (Å²) >= 11 is 0. The molecule has 60 heavy (non-hydrogen) atoms. The molecule has 18 rings (SSSR count). The lowest BCUT2D eigenvalue weighted by Crippen LogP contribution is -2.48. The fourth-order valence-corrected chi connectivity index (χ4v) is 22.0. The highest BCUT2D eigenvalue weighted by Gasteiger charge is 2.61. The number of rotatable bonds is 6. The largest absolute Gasteiger partial charge is 0.0885 e. The van der Waals surface area contributed by atoms with Gasteiger partial charge in [0.1, 0.15) is 0 Å². The zero-order valence-electron chi connectivity index (χ0n) is 37.5. The van der Waals surface area contributed by atoms with Crippen molar-refractivity contribution in [2.24, 2.45) is 81.8 Å². The number of hydrogen-bond acceptors (Lipinski definition) is 0. The molecule has 0 N–H and O–H groups in total. The molecule has 0 aliphatic heterocycles. The minimum absolute atomic E-state index is 0.162. The van der Waals surface area contributed by atoms with Gasteiger partial charge < -0.3 is 0 Å². The quantitative estimate of drug-likeness (QED) is 0.256. The van der Waals surface area contributed by atoms with Gasteiger partial charge in [0, 0.05) is 11.3 Å². The van der Waals surface area contributed by atoms with Crippen LogP contribution < -0.4 is 0 Å². The van der Waals surface area contributed by atoms with Gasteiger partial charge in [-0.05, 0) is 274 Å². The lowest BCUT2D eigenvalue weighted by molar-refractivity contribution is -0.0316. The van der Waals surface area contributed by atoms with Crippen molar-refractivity contribution in [2.45, 2.75) is 178 Å². The van der Waals surface area contributed by atoms with E-state index in [4.69, 9.17) is 0 Å². The van der Waals surface area contributed by atoms with Crippen LogP contribution in [0.4, 0.5) is 0 Å². The molecule has 12 saturated carbocycles. The van der Waals surface area contributed by atoms with Gasteiger partial charge in [-0.25, -0.2) is 0 Å². The van der Waals surface area contributed by atoms with Gasteiger partial charge in [0.15, 0.2) is 0 Å². The van der Waals surface area contributed by atoms with Crippen LogP contribution in [0, 0.1) is 81.8 Å². The minimum Gasteiger partial charge on any atom is -0.0885 e. The first-order chi connectivity index (χ1) is 29.2. The summed E-state index contributed by atoms with van der Waals surface area (Å²) in [4.78, 5) is 0. The molecular formula is C60H74. The van der Waals surface area contributed by atoms with Crippen LogP contribution in [0.5, 0.6) is 0 Å². The van der Waals surface area contributed by atoms with Gasteiger partial charge in [0.05, 0.1) is 0 Å². The highest BCUT2D eigenvalue weighted by Crippen LogP contribution is 2.72. The van der Waals surface area contributed by atoms with Crippen LogP contribution in [0.1, 0.15) is 190 Å². The molecule has 0 saturated heterocycles. The van der Waals surface area contributed by atoms with Crippen LogP contribution in [0.3, 0.4) is 0 Å². The Morgan fingerprint density at radius 2 is 0.967 bits per heavy atom. The molecule has 0 heteroatoms. The molecule has 0 heterocycles. The normalized spacial score (nSPS) is 49.4. The van der Waals surface area contributed by atoms with E-state index in [0.717, 1.165) is 65.1 Å². The van der Waals surface area contributed by atoms with Crippen molar-refractivity contribution in [3.63, 3.8) is 0 Å². The average molecular weight is 795 g/mol. The van der Waals surface area contributed by atoms with E-state index in [1.54, 1.807) is 52.6 Å². The Morgan fingerprint density at radius 1 is 0.517 bits per heavy atom. The number of hydrogen-bond donors (Lipinski definition) is 0. The van der Waals surface area contributed by atoms with Crippen LogP contribution in [-0.4, -0.2) is 0 Å². The van der Waals surface area contributed by atoms with Crippen LogP contribution in [0.25, 0.3) is 11.1 Å². The second-order valence-corrected chi connectivity index (χ2v) is 26.5. The zero-order valence-corrected chi connectivity index (χ0v) is 37.5. The van der Waals surface area contributed by atoms with Gasteiger partial charge in [-0.3, -0.25) is 0 Å².